The van der Waals surface area contributed by atoms with Crippen LogP contribution in [-0.2, 0) is 4.79 Å². The lowest BCUT2D eigenvalue weighted by Crippen LogP contribution is -2.47. The summed E-state index contributed by atoms with van der Waals surface area (Å²) in [5.74, 6) is 0.970. The third kappa shape index (κ3) is 4.17. The van der Waals surface area contributed by atoms with Crippen LogP contribution in [0.25, 0.3) is 17.1 Å². The third-order valence-electron chi connectivity index (χ3n) is 5.04. The van der Waals surface area contributed by atoms with Gasteiger partial charge >= 0.3 is 0 Å². The van der Waals surface area contributed by atoms with Gasteiger partial charge in [0.05, 0.1) is 11.8 Å². The Labute approximate surface area is 174 Å². The van der Waals surface area contributed by atoms with E-state index in [4.69, 9.17) is 0 Å². The molecule has 0 aliphatic heterocycles. The summed E-state index contributed by atoms with van der Waals surface area (Å²) in [4.78, 5) is 12.5. The van der Waals surface area contributed by atoms with Gasteiger partial charge in [-0.3, -0.25) is 9.36 Å². The van der Waals surface area contributed by atoms with Crippen molar-refractivity contribution in [3.05, 3.63) is 60.7 Å². The van der Waals surface area contributed by atoms with Crippen LogP contribution in [0.4, 0.5) is 0 Å². The summed E-state index contributed by atoms with van der Waals surface area (Å²) in [6, 6.07) is 21.9. The number of aromatic nitrogens is 3. The van der Waals surface area contributed by atoms with Crippen LogP contribution in [0.5, 0.6) is 0 Å². The van der Waals surface area contributed by atoms with Gasteiger partial charge in [0.1, 0.15) is 5.54 Å². The molecule has 146 valence electrons. The monoisotopic (exact) mass is 403 g/mol. The molecule has 7 heteroatoms. The van der Waals surface area contributed by atoms with Gasteiger partial charge in [-0.15, -0.1) is 10.2 Å². The molecule has 6 nitrogen and oxygen atoms in total. The van der Waals surface area contributed by atoms with Crippen LogP contribution in [0.2, 0.25) is 0 Å². The predicted molar refractivity (Wildman–Crippen MR) is 112 cm³/mol. The molecule has 1 N–H and O–H groups in total. The highest BCUT2D eigenvalue weighted by Crippen LogP contribution is 2.39. The summed E-state index contributed by atoms with van der Waals surface area (Å²) in [6.07, 6.45) is 1.97. The first-order valence-corrected chi connectivity index (χ1v) is 10.5. The topological polar surface area (TPSA) is 83.6 Å². The van der Waals surface area contributed by atoms with E-state index in [1.165, 1.54) is 11.8 Å². The minimum atomic E-state index is -0.792. The van der Waals surface area contributed by atoms with E-state index in [1.807, 2.05) is 65.2 Å². The number of carbonyl (C=O) groups excluding carboxylic acids is 1. The molecule has 0 saturated heterocycles. The summed E-state index contributed by atoms with van der Waals surface area (Å²) < 4.78 is 1.96. The number of nitrogens with one attached hydrogen (secondary N) is 1. The maximum absolute atomic E-state index is 12.5. The molecule has 4 rings (SSSR count). The second kappa shape index (κ2) is 8.10. The van der Waals surface area contributed by atoms with E-state index < -0.39 is 5.54 Å². The number of nitriles is 1. The number of rotatable bonds is 7. The van der Waals surface area contributed by atoms with Crippen LogP contribution in [0, 0.1) is 17.2 Å². The fraction of sp³-hybridized carbons (Fsp3) is 0.273. The molecular weight excluding hydrogens is 382 g/mol. The average molecular weight is 404 g/mol. The molecule has 0 radical (unpaired) electrons. The first-order valence-electron chi connectivity index (χ1n) is 9.52. The Kier molecular flexibility index (Phi) is 5.36. The lowest BCUT2D eigenvalue weighted by molar-refractivity contribution is -0.119. The Balaban J connectivity index is 1.57. The van der Waals surface area contributed by atoms with Crippen molar-refractivity contribution in [3.8, 4) is 23.1 Å². The van der Waals surface area contributed by atoms with Crippen LogP contribution in [-0.4, -0.2) is 32.0 Å². The fourth-order valence-corrected chi connectivity index (χ4v) is 4.04. The second-order valence-electron chi connectivity index (χ2n) is 7.27. The highest BCUT2D eigenvalue weighted by Gasteiger charge is 2.43. The van der Waals surface area contributed by atoms with Gasteiger partial charge in [0.25, 0.3) is 0 Å². The Bertz CT molecular complexity index is 1040. The highest BCUT2D eigenvalue weighted by atomic mass is 32.2. The molecule has 1 unspecified atom stereocenters. The number of amides is 1. The maximum Gasteiger partial charge on any atom is 0.231 e. The van der Waals surface area contributed by atoms with Crippen molar-refractivity contribution >= 4 is 17.7 Å². The number of thioether (sulfide) groups is 1. The molecule has 0 bridgehead atoms. The molecule has 1 heterocycles. The van der Waals surface area contributed by atoms with Crippen molar-refractivity contribution in [2.45, 2.75) is 30.5 Å². The molecule has 2 aromatic carbocycles. The van der Waals surface area contributed by atoms with Gasteiger partial charge in [0.15, 0.2) is 11.0 Å². The largest absolute Gasteiger partial charge is 0.337 e. The quantitative estimate of drug-likeness (QED) is 0.606. The molecule has 1 aliphatic carbocycles. The molecule has 1 aliphatic rings. The summed E-state index contributed by atoms with van der Waals surface area (Å²) in [5, 5.41) is 21.7. The Morgan fingerprint density at radius 3 is 2.45 bits per heavy atom. The zero-order valence-corrected chi connectivity index (χ0v) is 16.9. The number of hydrogen-bond acceptors (Lipinski definition) is 5. The lowest BCUT2D eigenvalue weighted by Gasteiger charge is -2.22. The number of nitrogens with zero attached hydrogens (tertiary/aromatic N) is 4. The van der Waals surface area contributed by atoms with E-state index in [2.05, 4.69) is 21.6 Å². The zero-order valence-electron chi connectivity index (χ0n) is 16.1. The van der Waals surface area contributed by atoms with E-state index in [0.29, 0.717) is 5.16 Å². The Hall–Kier alpha value is -3.11. The summed E-state index contributed by atoms with van der Waals surface area (Å²) in [6.45, 7) is 1.80. The molecule has 29 heavy (non-hydrogen) atoms. The predicted octanol–water partition coefficient (Wildman–Crippen LogP) is 3.83. The molecule has 0 spiro atoms. The molecular formula is C22H21N5OS. The van der Waals surface area contributed by atoms with Crippen molar-refractivity contribution in [2.24, 2.45) is 5.92 Å². The van der Waals surface area contributed by atoms with E-state index in [0.717, 1.165) is 29.9 Å². The maximum atomic E-state index is 12.5. The smallest absolute Gasteiger partial charge is 0.231 e. The Morgan fingerprint density at radius 1 is 1.17 bits per heavy atom. The van der Waals surface area contributed by atoms with E-state index in [-0.39, 0.29) is 17.6 Å². The normalized spacial score (nSPS) is 15.3. The third-order valence-corrected chi connectivity index (χ3v) is 5.97. The molecule has 3 aromatic rings. The zero-order chi connectivity index (χ0) is 20.3. The number of benzene rings is 2. The summed E-state index contributed by atoms with van der Waals surface area (Å²) in [5.41, 5.74) is 1.09. The average Bonchev–Trinajstić information content (AvgIpc) is 3.54. The fourth-order valence-electron chi connectivity index (χ4n) is 3.29. The van der Waals surface area contributed by atoms with Gasteiger partial charge in [-0.05, 0) is 37.8 Å². The lowest BCUT2D eigenvalue weighted by atomic mass is 9.98. The van der Waals surface area contributed by atoms with E-state index >= 15 is 0 Å². The summed E-state index contributed by atoms with van der Waals surface area (Å²) >= 11 is 1.32. The van der Waals surface area contributed by atoms with Crippen LogP contribution < -0.4 is 5.32 Å². The molecule has 1 fully saturated rings. The minimum Gasteiger partial charge on any atom is -0.337 e. The van der Waals surface area contributed by atoms with Gasteiger partial charge in [-0.2, -0.15) is 5.26 Å². The van der Waals surface area contributed by atoms with Crippen molar-refractivity contribution in [2.75, 3.05) is 5.75 Å². The van der Waals surface area contributed by atoms with Gasteiger partial charge in [-0.1, -0.05) is 60.3 Å². The SMILES string of the molecule is CC(C#N)(NC(=O)CSc1nnc(-c2ccccc2)n1-c1ccccc1)C1CC1. The van der Waals surface area contributed by atoms with Crippen LogP contribution in [0.3, 0.4) is 0 Å². The highest BCUT2D eigenvalue weighted by molar-refractivity contribution is 7.99. The molecule has 1 amide bonds. The van der Waals surface area contributed by atoms with Crippen LogP contribution in [0.1, 0.15) is 19.8 Å². The standard InChI is InChI=1S/C22H21N5OS/c1-22(15-23,17-12-13-17)24-19(28)14-29-21-26-25-20(16-8-4-2-5-9-16)27(21)18-10-6-3-7-11-18/h2-11,17H,12-14H2,1H3,(H,24,28). The molecule has 1 atom stereocenters. The second-order valence-corrected chi connectivity index (χ2v) is 8.21. The van der Waals surface area contributed by atoms with Gasteiger partial charge in [0, 0.05) is 11.3 Å². The van der Waals surface area contributed by atoms with Gasteiger partial charge < -0.3 is 5.32 Å². The van der Waals surface area contributed by atoms with Gasteiger partial charge in [-0.25, -0.2) is 0 Å². The van der Waals surface area contributed by atoms with E-state index in [1.54, 1.807) is 6.92 Å². The molecule has 1 saturated carbocycles. The van der Waals surface area contributed by atoms with Crippen molar-refractivity contribution in [3.63, 3.8) is 0 Å². The number of carbonyl (C=O) groups is 1. The van der Waals surface area contributed by atoms with E-state index in [9.17, 15) is 10.1 Å². The van der Waals surface area contributed by atoms with Crippen molar-refractivity contribution < 1.29 is 4.79 Å². The summed E-state index contributed by atoms with van der Waals surface area (Å²) in [7, 11) is 0. The first-order chi connectivity index (χ1) is 14.1. The van der Waals surface area contributed by atoms with Crippen molar-refractivity contribution in [1.82, 2.24) is 20.1 Å². The number of para-hydroxylation sites is 1. The number of hydrogen-bond donors (Lipinski definition) is 1. The van der Waals surface area contributed by atoms with Crippen molar-refractivity contribution in [1.29, 1.82) is 5.26 Å². The van der Waals surface area contributed by atoms with Gasteiger partial charge in [0.2, 0.25) is 5.91 Å². The van der Waals surface area contributed by atoms with Crippen LogP contribution >= 0.6 is 11.8 Å². The molecule has 1 aromatic heterocycles. The van der Waals surface area contributed by atoms with Crippen LogP contribution in [0.15, 0.2) is 65.8 Å². The minimum absolute atomic E-state index is 0.170. The Morgan fingerprint density at radius 2 is 1.83 bits per heavy atom. The first kappa shape index (κ1) is 19.2.